The highest BCUT2D eigenvalue weighted by Gasteiger charge is 2.19. The molecule has 0 saturated heterocycles. The van der Waals surface area contributed by atoms with Crippen molar-refractivity contribution >= 4 is 11.0 Å². The van der Waals surface area contributed by atoms with Gasteiger partial charge in [0.2, 0.25) is 5.88 Å². The van der Waals surface area contributed by atoms with Crippen LogP contribution in [0.1, 0.15) is 11.3 Å². The van der Waals surface area contributed by atoms with E-state index in [2.05, 4.69) is 19.9 Å². The SMILES string of the molecule is N#Cc1ncoc1-c1c[nH]c2ncnc(OCCc3ccccc3)c12. The Kier molecular flexibility index (Phi) is 3.85. The first kappa shape index (κ1) is 14.9. The minimum atomic E-state index is 0.208. The van der Waals surface area contributed by atoms with Gasteiger partial charge in [-0.2, -0.15) is 5.26 Å². The van der Waals surface area contributed by atoms with Crippen LogP contribution >= 0.6 is 0 Å². The molecule has 0 saturated carbocycles. The quantitative estimate of drug-likeness (QED) is 0.603. The number of nitrogens with one attached hydrogen (secondary N) is 1. The molecule has 0 amide bonds. The zero-order chi connectivity index (χ0) is 17.1. The molecule has 0 aliphatic carbocycles. The van der Waals surface area contributed by atoms with Gasteiger partial charge in [0, 0.05) is 12.6 Å². The molecule has 4 rings (SSSR count). The molecule has 0 radical (unpaired) electrons. The van der Waals surface area contributed by atoms with E-state index in [0.29, 0.717) is 34.8 Å². The van der Waals surface area contributed by atoms with E-state index >= 15 is 0 Å². The Bertz CT molecular complexity index is 1050. The summed E-state index contributed by atoms with van der Waals surface area (Å²) in [5.74, 6) is 0.814. The van der Waals surface area contributed by atoms with E-state index in [-0.39, 0.29) is 5.69 Å². The molecule has 3 heterocycles. The molecule has 7 nitrogen and oxygen atoms in total. The average Bonchev–Trinajstić information content (AvgIpc) is 3.29. The first-order chi connectivity index (χ1) is 12.4. The topological polar surface area (TPSA) is 101 Å². The minimum absolute atomic E-state index is 0.208. The van der Waals surface area contributed by atoms with E-state index < -0.39 is 0 Å². The van der Waals surface area contributed by atoms with E-state index in [9.17, 15) is 0 Å². The van der Waals surface area contributed by atoms with Crippen molar-refractivity contribution in [2.45, 2.75) is 6.42 Å². The van der Waals surface area contributed by atoms with Crippen molar-refractivity contribution in [3.05, 3.63) is 60.5 Å². The fraction of sp³-hybridized carbons (Fsp3) is 0.111. The Hall–Kier alpha value is -3.66. The summed E-state index contributed by atoms with van der Waals surface area (Å²) >= 11 is 0. The smallest absolute Gasteiger partial charge is 0.226 e. The third-order valence-electron chi connectivity index (χ3n) is 3.83. The van der Waals surface area contributed by atoms with Gasteiger partial charge >= 0.3 is 0 Å². The second-order valence-corrected chi connectivity index (χ2v) is 5.33. The lowest BCUT2D eigenvalue weighted by Crippen LogP contribution is -2.03. The maximum absolute atomic E-state index is 9.17. The van der Waals surface area contributed by atoms with Crippen molar-refractivity contribution in [3.8, 4) is 23.3 Å². The molecule has 0 atom stereocenters. The lowest BCUT2D eigenvalue weighted by molar-refractivity contribution is 0.313. The number of fused-ring (bicyclic) bond motifs is 1. The van der Waals surface area contributed by atoms with Gasteiger partial charge in [-0.1, -0.05) is 30.3 Å². The molecule has 0 aliphatic heterocycles. The highest BCUT2D eigenvalue weighted by Crippen LogP contribution is 2.34. The molecule has 122 valence electrons. The van der Waals surface area contributed by atoms with Crippen LogP contribution in [-0.4, -0.2) is 26.5 Å². The normalized spacial score (nSPS) is 10.7. The maximum atomic E-state index is 9.17. The van der Waals surface area contributed by atoms with Gasteiger partial charge < -0.3 is 14.1 Å². The van der Waals surface area contributed by atoms with Gasteiger partial charge in [0.05, 0.1) is 17.6 Å². The number of benzene rings is 1. The average molecular weight is 331 g/mol. The second kappa shape index (κ2) is 6.45. The molecule has 1 aromatic carbocycles. The molecule has 0 spiro atoms. The lowest BCUT2D eigenvalue weighted by atomic mass is 10.1. The third-order valence-corrected chi connectivity index (χ3v) is 3.83. The zero-order valence-electron chi connectivity index (χ0n) is 13.1. The number of H-pyrrole nitrogens is 1. The van der Waals surface area contributed by atoms with Crippen LogP contribution in [0.4, 0.5) is 0 Å². The van der Waals surface area contributed by atoms with Gasteiger partial charge in [-0.05, 0) is 5.56 Å². The Balaban J connectivity index is 1.65. The fourth-order valence-corrected chi connectivity index (χ4v) is 2.65. The second-order valence-electron chi connectivity index (χ2n) is 5.33. The van der Waals surface area contributed by atoms with Crippen molar-refractivity contribution in [1.82, 2.24) is 19.9 Å². The van der Waals surface area contributed by atoms with Gasteiger partial charge in [0.25, 0.3) is 0 Å². The molecular weight excluding hydrogens is 318 g/mol. The highest BCUT2D eigenvalue weighted by atomic mass is 16.5. The number of hydrogen-bond acceptors (Lipinski definition) is 6. The minimum Gasteiger partial charge on any atom is -0.477 e. The molecule has 0 aliphatic rings. The van der Waals surface area contributed by atoms with Crippen molar-refractivity contribution in [2.24, 2.45) is 0 Å². The van der Waals surface area contributed by atoms with Crippen molar-refractivity contribution in [2.75, 3.05) is 6.61 Å². The van der Waals surface area contributed by atoms with Crippen molar-refractivity contribution in [1.29, 1.82) is 5.26 Å². The summed E-state index contributed by atoms with van der Waals surface area (Å²) in [6, 6.07) is 12.1. The predicted molar refractivity (Wildman–Crippen MR) is 89.7 cm³/mol. The fourth-order valence-electron chi connectivity index (χ4n) is 2.65. The number of nitrogens with zero attached hydrogens (tertiary/aromatic N) is 4. The molecule has 25 heavy (non-hydrogen) atoms. The van der Waals surface area contributed by atoms with E-state index in [1.807, 2.05) is 36.4 Å². The summed E-state index contributed by atoms with van der Waals surface area (Å²) < 4.78 is 11.2. The number of rotatable bonds is 5. The number of oxazole rings is 1. The molecule has 0 unspecified atom stereocenters. The van der Waals surface area contributed by atoms with Crippen molar-refractivity contribution < 1.29 is 9.15 Å². The monoisotopic (exact) mass is 331 g/mol. The predicted octanol–water partition coefficient (Wildman–Crippen LogP) is 3.11. The number of hydrogen-bond donors (Lipinski definition) is 1. The van der Waals surface area contributed by atoms with E-state index in [0.717, 1.165) is 6.42 Å². The molecule has 3 aromatic heterocycles. The molecule has 7 heteroatoms. The van der Waals surface area contributed by atoms with Crippen LogP contribution in [-0.2, 0) is 6.42 Å². The Morgan fingerprint density at radius 3 is 2.88 bits per heavy atom. The Labute approximate surface area is 142 Å². The van der Waals surface area contributed by atoms with E-state index in [1.165, 1.54) is 18.3 Å². The van der Waals surface area contributed by atoms with E-state index in [1.54, 1.807) is 6.20 Å². The molecule has 1 N–H and O–H groups in total. The Morgan fingerprint density at radius 1 is 1.16 bits per heavy atom. The van der Waals surface area contributed by atoms with Crippen LogP contribution < -0.4 is 4.74 Å². The highest BCUT2D eigenvalue weighted by molar-refractivity contribution is 5.96. The van der Waals surface area contributed by atoms with Crippen LogP contribution in [0.3, 0.4) is 0 Å². The standard InChI is InChI=1S/C18H13N5O2/c19-8-14-16(25-11-23-14)13-9-20-17-15(13)18(22-10-21-17)24-7-6-12-4-2-1-3-5-12/h1-5,9-11H,6-7H2,(H,20,21,22). The first-order valence-electron chi connectivity index (χ1n) is 7.69. The summed E-state index contributed by atoms with van der Waals surface area (Å²) in [6.45, 7) is 0.474. The summed E-state index contributed by atoms with van der Waals surface area (Å²) in [5.41, 5.74) is 2.66. The number of aromatic nitrogens is 4. The van der Waals surface area contributed by atoms with E-state index in [4.69, 9.17) is 14.4 Å². The first-order valence-corrected chi connectivity index (χ1v) is 7.69. The van der Waals surface area contributed by atoms with Gasteiger partial charge in [-0.3, -0.25) is 0 Å². The molecule has 0 fully saturated rings. The van der Waals surface area contributed by atoms with Gasteiger partial charge in [-0.15, -0.1) is 0 Å². The largest absolute Gasteiger partial charge is 0.477 e. The number of nitriles is 1. The molecular formula is C18H13N5O2. The molecule has 4 aromatic rings. The van der Waals surface area contributed by atoms with Crippen molar-refractivity contribution in [3.63, 3.8) is 0 Å². The van der Waals surface area contributed by atoms with Crippen LogP contribution in [0.15, 0.2) is 53.7 Å². The van der Waals surface area contributed by atoms with Crippen LogP contribution in [0.2, 0.25) is 0 Å². The Morgan fingerprint density at radius 2 is 2.04 bits per heavy atom. The summed E-state index contributed by atoms with van der Waals surface area (Å²) in [4.78, 5) is 15.4. The van der Waals surface area contributed by atoms with Gasteiger partial charge in [0.15, 0.2) is 17.8 Å². The van der Waals surface area contributed by atoms with Crippen LogP contribution in [0.5, 0.6) is 5.88 Å². The third kappa shape index (κ3) is 2.81. The van der Waals surface area contributed by atoms with Crippen LogP contribution in [0.25, 0.3) is 22.4 Å². The summed E-state index contributed by atoms with van der Waals surface area (Å²) in [6.07, 6.45) is 5.15. The zero-order valence-corrected chi connectivity index (χ0v) is 13.1. The van der Waals surface area contributed by atoms with Gasteiger partial charge in [-0.25, -0.2) is 15.0 Å². The summed E-state index contributed by atoms with van der Waals surface area (Å²) in [7, 11) is 0. The maximum Gasteiger partial charge on any atom is 0.226 e. The lowest BCUT2D eigenvalue weighted by Gasteiger charge is -2.07. The van der Waals surface area contributed by atoms with Crippen LogP contribution in [0, 0.1) is 11.3 Å². The summed E-state index contributed by atoms with van der Waals surface area (Å²) in [5, 5.41) is 9.84. The van der Waals surface area contributed by atoms with Gasteiger partial charge in [0.1, 0.15) is 18.0 Å². The number of ether oxygens (including phenoxy) is 1. The number of aromatic amines is 1. The molecule has 0 bridgehead atoms.